The number of hydrogen-bond donors (Lipinski definition) is 0. The third-order valence-electron chi connectivity index (χ3n) is 4.50. The van der Waals surface area contributed by atoms with Gasteiger partial charge >= 0.3 is 0 Å². The fraction of sp³-hybridized carbons (Fsp3) is 0.733. The van der Waals surface area contributed by atoms with Gasteiger partial charge in [-0.05, 0) is 49.9 Å². The zero-order valence-electron chi connectivity index (χ0n) is 10.6. The Kier molecular flexibility index (Phi) is 2.79. The number of hydrogen-bond acceptors (Lipinski definition) is 0. The summed E-state index contributed by atoms with van der Waals surface area (Å²) in [5.74, 6) is 1.61. The molecule has 2 rings (SSSR count). The summed E-state index contributed by atoms with van der Waals surface area (Å²) >= 11 is 0. The van der Waals surface area contributed by atoms with E-state index in [4.69, 9.17) is 0 Å². The molecule has 0 saturated heterocycles. The lowest BCUT2D eigenvalue weighted by molar-refractivity contribution is 0.226. The first-order valence-electron chi connectivity index (χ1n) is 6.41. The molecule has 0 heteroatoms. The Morgan fingerprint density at radius 3 is 2.67 bits per heavy atom. The van der Waals surface area contributed by atoms with Crippen molar-refractivity contribution in [2.24, 2.45) is 17.3 Å². The molecule has 0 heterocycles. The third kappa shape index (κ3) is 1.91. The van der Waals surface area contributed by atoms with E-state index in [1.54, 1.807) is 11.1 Å². The van der Waals surface area contributed by atoms with Crippen LogP contribution < -0.4 is 0 Å². The Bertz CT molecular complexity index is 306. The molecular weight excluding hydrogens is 180 g/mol. The van der Waals surface area contributed by atoms with E-state index in [1.165, 1.54) is 25.7 Å². The Balaban J connectivity index is 2.26. The highest BCUT2D eigenvalue weighted by Gasteiger charge is 2.39. The molecule has 84 valence electrons. The lowest BCUT2D eigenvalue weighted by Gasteiger charge is -2.39. The van der Waals surface area contributed by atoms with E-state index in [2.05, 4.69) is 39.8 Å². The van der Waals surface area contributed by atoms with Gasteiger partial charge in [-0.3, -0.25) is 0 Å². The molecule has 0 aliphatic heterocycles. The van der Waals surface area contributed by atoms with Gasteiger partial charge in [0.05, 0.1) is 0 Å². The summed E-state index contributed by atoms with van der Waals surface area (Å²) < 4.78 is 0. The highest BCUT2D eigenvalue weighted by Crippen LogP contribution is 2.50. The molecule has 0 nitrogen and oxygen atoms in total. The molecule has 0 radical (unpaired) electrons. The van der Waals surface area contributed by atoms with Crippen molar-refractivity contribution in [3.8, 4) is 0 Å². The molecule has 1 spiro atoms. The van der Waals surface area contributed by atoms with Crippen molar-refractivity contribution >= 4 is 0 Å². The Morgan fingerprint density at radius 2 is 2.13 bits per heavy atom. The van der Waals surface area contributed by atoms with Crippen LogP contribution in [0.5, 0.6) is 0 Å². The minimum Gasteiger partial charge on any atom is -0.0847 e. The van der Waals surface area contributed by atoms with Gasteiger partial charge in [-0.2, -0.15) is 0 Å². The first kappa shape index (κ1) is 11.0. The lowest BCUT2D eigenvalue weighted by atomic mass is 9.66. The van der Waals surface area contributed by atoms with E-state index < -0.39 is 0 Å². The van der Waals surface area contributed by atoms with Crippen LogP contribution in [0.2, 0.25) is 0 Å². The van der Waals surface area contributed by atoms with E-state index in [0.29, 0.717) is 5.41 Å². The Hall–Kier alpha value is -0.520. The molecule has 0 aromatic rings. The monoisotopic (exact) mass is 204 g/mol. The third-order valence-corrected chi connectivity index (χ3v) is 4.50. The van der Waals surface area contributed by atoms with Gasteiger partial charge in [-0.25, -0.2) is 0 Å². The van der Waals surface area contributed by atoms with Gasteiger partial charge in [0, 0.05) is 0 Å². The molecule has 0 aromatic carbocycles. The fourth-order valence-corrected chi connectivity index (χ4v) is 3.22. The SMILES string of the molecule is CC1=CC[C@]2(C=C(C(C)C)CC[C@H]2C)C1. The fourth-order valence-electron chi connectivity index (χ4n) is 3.22. The van der Waals surface area contributed by atoms with E-state index in [1.807, 2.05) is 0 Å². The maximum Gasteiger partial charge on any atom is -0.00182 e. The summed E-state index contributed by atoms with van der Waals surface area (Å²) in [5, 5.41) is 0. The first-order chi connectivity index (χ1) is 7.03. The summed E-state index contributed by atoms with van der Waals surface area (Å²) in [7, 11) is 0. The normalized spacial score (nSPS) is 35.9. The van der Waals surface area contributed by atoms with Crippen molar-refractivity contribution in [3.63, 3.8) is 0 Å². The van der Waals surface area contributed by atoms with E-state index in [9.17, 15) is 0 Å². The second kappa shape index (κ2) is 3.81. The van der Waals surface area contributed by atoms with Gasteiger partial charge in [0.15, 0.2) is 0 Å². The van der Waals surface area contributed by atoms with Gasteiger partial charge in [0.1, 0.15) is 0 Å². The Labute approximate surface area is 94.5 Å². The summed E-state index contributed by atoms with van der Waals surface area (Å²) in [6.07, 6.45) is 10.4. The lowest BCUT2D eigenvalue weighted by Crippen LogP contribution is -2.28. The minimum atomic E-state index is 0.502. The zero-order valence-corrected chi connectivity index (χ0v) is 10.6. The highest BCUT2D eigenvalue weighted by molar-refractivity contribution is 5.25. The van der Waals surface area contributed by atoms with Crippen LogP contribution in [0.25, 0.3) is 0 Å². The average molecular weight is 204 g/mol. The van der Waals surface area contributed by atoms with E-state index >= 15 is 0 Å². The summed E-state index contributed by atoms with van der Waals surface area (Å²) in [5.41, 5.74) is 3.81. The minimum absolute atomic E-state index is 0.502. The van der Waals surface area contributed by atoms with Gasteiger partial charge in [-0.15, -0.1) is 0 Å². The molecule has 0 fully saturated rings. The quantitative estimate of drug-likeness (QED) is 0.542. The average Bonchev–Trinajstić information content (AvgIpc) is 2.53. The predicted molar refractivity (Wildman–Crippen MR) is 66.7 cm³/mol. The van der Waals surface area contributed by atoms with Crippen LogP contribution >= 0.6 is 0 Å². The molecule has 2 atom stereocenters. The molecule has 0 amide bonds. The second-order valence-electron chi connectivity index (χ2n) is 5.98. The van der Waals surface area contributed by atoms with Crippen LogP contribution in [-0.4, -0.2) is 0 Å². The van der Waals surface area contributed by atoms with Gasteiger partial charge in [0.25, 0.3) is 0 Å². The maximum absolute atomic E-state index is 2.64. The van der Waals surface area contributed by atoms with Gasteiger partial charge in [-0.1, -0.05) is 44.1 Å². The molecular formula is C15H24. The van der Waals surface area contributed by atoms with Crippen molar-refractivity contribution in [1.29, 1.82) is 0 Å². The number of allylic oxidation sites excluding steroid dienone is 4. The van der Waals surface area contributed by atoms with Crippen LogP contribution in [0.4, 0.5) is 0 Å². The van der Waals surface area contributed by atoms with Crippen LogP contribution in [-0.2, 0) is 0 Å². The standard InChI is InChI=1S/C15H24/c1-11(2)14-6-5-13(4)15(10-14)8-7-12(3)9-15/h7,10-11,13H,5-6,8-9H2,1-4H3/t13-,15-/m1/s1. The topological polar surface area (TPSA) is 0 Å². The van der Waals surface area contributed by atoms with Crippen molar-refractivity contribution in [3.05, 3.63) is 23.3 Å². The van der Waals surface area contributed by atoms with E-state index in [0.717, 1.165) is 11.8 Å². The molecule has 15 heavy (non-hydrogen) atoms. The molecule has 0 N–H and O–H groups in total. The van der Waals surface area contributed by atoms with Gasteiger partial charge < -0.3 is 0 Å². The van der Waals surface area contributed by atoms with Crippen molar-refractivity contribution < 1.29 is 0 Å². The van der Waals surface area contributed by atoms with Crippen LogP contribution in [0.1, 0.15) is 53.4 Å². The highest BCUT2D eigenvalue weighted by atomic mass is 14.4. The first-order valence-corrected chi connectivity index (χ1v) is 6.41. The molecule has 0 aromatic heterocycles. The summed E-state index contributed by atoms with van der Waals surface area (Å²) in [4.78, 5) is 0. The molecule has 2 aliphatic rings. The van der Waals surface area contributed by atoms with Crippen molar-refractivity contribution in [2.75, 3.05) is 0 Å². The van der Waals surface area contributed by atoms with Crippen LogP contribution in [0.3, 0.4) is 0 Å². The van der Waals surface area contributed by atoms with Crippen LogP contribution in [0, 0.1) is 17.3 Å². The van der Waals surface area contributed by atoms with Crippen molar-refractivity contribution in [2.45, 2.75) is 53.4 Å². The molecule has 0 saturated carbocycles. The molecule has 0 bridgehead atoms. The van der Waals surface area contributed by atoms with Crippen molar-refractivity contribution in [1.82, 2.24) is 0 Å². The largest absolute Gasteiger partial charge is 0.0847 e. The summed E-state index contributed by atoms with van der Waals surface area (Å²) in [6.45, 7) is 9.41. The van der Waals surface area contributed by atoms with Gasteiger partial charge in [0.2, 0.25) is 0 Å². The smallest absolute Gasteiger partial charge is 0.00182 e. The van der Waals surface area contributed by atoms with Crippen LogP contribution in [0.15, 0.2) is 23.3 Å². The maximum atomic E-state index is 2.64. The number of rotatable bonds is 1. The van der Waals surface area contributed by atoms with E-state index in [-0.39, 0.29) is 0 Å². The second-order valence-corrected chi connectivity index (χ2v) is 5.98. The molecule has 2 aliphatic carbocycles. The zero-order chi connectivity index (χ0) is 11.1. The Morgan fingerprint density at radius 1 is 1.40 bits per heavy atom. The summed E-state index contributed by atoms with van der Waals surface area (Å²) in [6, 6.07) is 0. The molecule has 0 unspecified atom stereocenters. The predicted octanol–water partition coefficient (Wildman–Crippen LogP) is 4.73.